The fourth-order valence-corrected chi connectivity index (χ4v) is 6.38. The summed E-state index contributed by atoms with van der Waals surface area (Å²) in [7, 11) is 0. The van der Waals surface area contributed by atoms with E-state index in [2.05, 4.69) is 18.2 Å². The maximum atomic E-state index is 11.3. The Morgan fingerprint density at radius 3 is 2.16 bits per heavy atom. The van der Waals surface area contributed by atoms with Gasteiger partial charge in [-0.15, -0.1) is 0 Å². The highest BCUT2D eigenvalue weighted by molar-refractivity contribution is 6.31. The lowest BCUT2D eigenvalue weighted by Gasteiger charge is -2.48. The lowest BCUT2D eigenvalue weighted by Crippen LogP contribution is -2.63. The molecule has 0 spiro atoms. The van der Waals surface area contributed by atoms with Crippen molar-refractivity contribution in [2.75, 3.05) is 13.2 Å². The summed E-state index contributed by atoms with van der Waals surface area (Å²) in [6.45, 7) is 5.24. The average Bonchev–Trinajstić information content (AvgIpc) is 3.38. The molecule has 5 atom stereocenters. The van der Waals surface area contributed by atoms with Crippen LogP contribution in [-0.4, -0.2) is 42.2 Å². The fourth-order valence-electron chi connectivity index (χ4n) is 6.20. The van der Waals surface area contributed by atoms with Crippen molar-refractivity contribution in [2.45, 2.75) is 69.6 Å². The zero-order valence-electron chi connectivity index (χ0n) is 25.2. The zero-order chi connectivity index (χ0) is 30.6. The molecule has 2 aliphatic heterocycles. The van der Waals surface area contributed by atoms with Crippen LogP contribution in [0.15, 0.2) is 103 Å². The van der Waals surface area contributed by atoms with E-state index >= 15 is 0 Å². The van der Waals surface area contributed by atoms with E-state index in [4.69, 9.17) is 35.3 Å². The van der Waals surface area contributed by atoms with Gasteiger partial charge in [0.05, 0.1) is 38.6 Å². The molecule has 44 heavy (non-hydrogen) atoms. The Morgan fingerprint density at radius 1 is 0.864 bits per heavy atom. The highest BCUT2D eigenvalue weighted by Gasteiger charge is 2.65. The fraction of sp³-hybridized carbons (Fsp3) is 0.351. The van der Waals surface area contributed by atoms with Crippen LogP contribution in [-0.2, 0) is 44.4 Å². The molecule has 1 N–H and O–H groups in total. The first kappa shape index (κ1) is 30.8. The van der Waals surface area contributed by atoms with Gasteiger partial charge in [0.25, 0.3) is 0 Å². The first-order valence-corrected chi connectivity index (χ1v) is 15.6. The van der Waals surface area contributed by atoms with E-state index in [9.17, 15) is 5.11 Å². The summed E-state index contributed by atoms with van der Waals surface area (Å²) >= 11 is 6.72. The van der Waals surface area contributed by atoms with E-state index in [1.807, 2.05) is 91.9 Å². The van der Waals surface area contributed by atoms with Crippen molar-refractivity contribution in [2.24, 2.45) is 0 Å². The van der Waals surface area contributed by atoms with Crippen molar-refractivity contribution in [3.05, 3.63) is 136 Å². The number of aliphatic hydroxyl groups is 1. The molecular formula is C37H39ClO6. The van der Waals surface area contributed by atoms with E-state index < -0.39 is 29.7 Å². The van der Waals surface area contributed by atoms with Crippen molar-refractivity contribution < 1.29 is 28.8 Å². The molecule has 0 aliphatic carbocycles. The molecule has 0 saturated carbocycles. The predicted molar refractivity (Wildman–Crippen MR) is 170 cm³/mol. The first-order chi connectivity index (χ1) is 21.4. The molecule has 7 heteroatoms. The molecule has 4 aromatic carbocycles. The van der Waals surface area contributed by atoms with E-state index in [1.165, 1.54) is 0 Å². The molecule has 6 nitrogen and oxygen atoms in total. The van der Waals surface area contributed by atoms with Crippen LogP contribution in [0, 0.1) is 0 Å². The SMILES string of the molecule is CCOc1ccc(Cc2cc([C@]34CC(OCc5ccccc5)[C@H](OCc5ccccc5)[C@](C(C)O)(CO3)O4)ccc2Cl)cc1. The molecule has 2 unspecified atom stereocenters. The minimum atomic E-state index is -1.14. The summed E-state index contributed by atoms with van der Waals surface area (Å²) in [5.41, 5.74) is 3.84. The van der Waals surface area contributed by atoms with Gasteiger partial charge in [0, 0.05) is 17.0 Å². The number of benzene rings is 4. The highest BCUT2D eigenvalue weighted by Crippen LogP contribution is 2.53. The number of hydrogen-bond donors (Lipinski definition) is 1. The Balaban J connectivity index is 1.31. The van der Waals surface area contributed by atoms with Gasteiger partial charge in [-0.3, -0.25) is 0 Å². The Kier molecular flexibility index (Phi) is 9.38. The van der Waals surface area contributed by atoms with E-state index in [1.54, 1.807) is 6.92 Å². The van der Waals surface area contributed by atoms with Crippen molar-refractivity contribution in [1.82, 2.24) is 0 Å². The van der Waals surface area contributed by atoms with Crippen molar-refractivity contribution >= 4 is 11.6 Å². The molecule has 2 fully saturated rings. The van der Waals surface area contributed by atoms with E-state index in [0.717, 1.165) is 33.6 Å². The highest BCUT2D eigenvalue weighted by atomic mass is 35.5. The monoisotopic (exact) mass is 614 g/mol. The lowest BCUT2D eigenvalue weighted by molar-refractivity contribution is -0.308. The van der Waals surface area contributed by atoms with Crippen molar-refractivity contribution in [3.63, 3.8) is 0 Å². The third-order valence-electron chi connectivity index (χ3n) is 8.58. The third-order valence-corrected chi connectivity index (χ3v) is 8.94. The van der Waals surface area contributed by atoms with E-state index in [0.29, 0.717) is 37.7 Å². The van der Waals surface area contributed by atoms with E-state index in [-0.39, 0.29) is 6.61 Å². The lowest BCUT2D eigenvalue weighted by atomic mass is 9.82. The summed E-state index contributed by atoms with van der Waals surface area (Å²) in [5.74, 6) is -0.298. The second-order valence-electron chi connectivity index (χ2n) is 11.6. The molecule has 0 aromatic heterocycles. The zero-order valence-corrected chi connectivity index (χ0v) is 25.9. The Bertz CT molecular complexity index is 1510. The Labute approximate surface area is 264 Å². The van der Waals surface area contributed by atoms with Gasteiger partial charge >= 0.3 is 0 Å². The maximum Gasteiger partial charge on any atom is 0.198 e. The van der Waals surface area contributed by atoms with Gasteiger partial charge in [0.2, 0.25) is 0 Å². The third kappa shape index (κ3) is 6.43. The topological polar surface area (TPSA) is 66.4 Å². The van der Waals surface area contributed by atoms with Gasteiger partial charge < -0.3 is 28.8 Å². The number of hydrogen-bond acceptors (Lipinski definition) is 6. The standard InChI is InChI=1S/C37H39ClO6/c1-3-40-32-17-14-27(15-18-32)20-30-21-31(16-19-33(30)38)37-22-34(41-23-28-10-6-4-7-11-28)35(36(44-37,25-43-37)26(2)39)42-24-29-12-8-5-9-13-29/h4-19,21,26,34-35,39H,3,20,22-25H2,1-2H3/t26?,34?,35-,36+,37+/m0/s1. The summed E-state index contributed by atoms with van der Waals surface area (Å²) in [4.78, 5) is 0. The average molecular weight is 615 g/mol. The smallest absolute Gasteiger partial charge is 0.198 e. The molecule has 230 valence electrons. The van der Waals surface area contributed by atoms with Crippen LogP contribution in [0.1, 0.15) is 48.1 Å². The molecule has 2 bridgehead atoms. The predicted octanol–water partition coefficient (Wildman–Crippen LogP) is 7.22. The number of rotatable bonds is 12. The van der Waals surface area contributed by atoms with Crippen molar-refractivity contribution in [1.29, 1.82) is 0 Å². The molecule has 2 aliphatic rings. The summed E-state index contributed by atoms with van der Waals surface area (Å²) in [5, 5.41) is 11.9. The van der Waals surface area contributed by atoms with Crippen LogP contribution in [0.4, 0.5) is 0 Å². The Morgan fingerprint density at radius 2 is 1.52 bits per heavy atom. The van der Waals surface area contributed by atoms with Gasteiger partial charge in [-0.25, -0.2) is 0 Å². The minimum absolute atomic E-state index is 0.159. The van der Waals surface area contributed by atoms with Crippen LogP contribution < -0.4 is 4.74 Å². The maximum absolute atomic E-state index is 11.3. The van der Waals surface area contributed by atoms with Gasteiger partial charge in [-0.05, 0) is 66.8 Å². The Hall–Kier alpha value is -3.23. The van der Waals surface area contributed by atoms with Crippen LogP contribution >= 0.6 is 11.6 Å². The number of fused-ring (bicyclic) bond motifs is 2. The van der Waals surface area contributed by atoms with Gasteiger partial charge in [-0.1, -0.05) is 90.5 Å². The molecule has 0 amide bonds. The second kappa shape index (κ2) is 13.4. The summed E-state index contributed by atoms with van der Waals surface area (Å²) in [6, 6.07) is 34.0. The molecule has 4 aromatic rings. The second-order valence-corrected chi connectivity index (χ2v) is 12.0. The number of aliphatic hydroxyl groups excluding tert-OH is 1. The van der Waals surface area contributed by atoms with Gasteiger partial charge in [0.15, 0.2) is 5.79 Å². The molecule has 6 rings (SSSR count). The normalized spacial score (nSPS) is 25.1. The molecule has 2 heterocycles. The van der Waals surface area contributed by atoms with Crippen LogP contribution in [0.3, 0.4) is 0 Å². The first-order valence-electron chi connectivity index (χ1n) is 15.2. The molecule has 2 saturated heterocycles. The van der Waals surface area contributed by atoms with Crippen LogP contribution in [0.25, 0.3) is 0 Å². The minimum Gasteiger partial charge on any atom is -0.494 e. The van der Waals surface area contributed by atoms with Crippen molar-refractivity contribution in [3.8, 4) is 5.75 Å². The molecule has 0 radical (unpaired) electrons. The molecular weight excluding hydrogens is 576 g/mol. The van der Waals surface area contributed by atoms with Crippen LogP contribution in [0.5, 0.6) is 5.75 Å². The van der Waals surface area contributed by atoms with Gasteiger partial charge in [-0.2, -0.15) is 0 Å². The number of halogens is 1. The quantitative estimate of drug-likeness (QED) is 0.182. The summed E-state index contributed by atoms with van der Waals surface area (Å²) < 4.78 is 32.2. The number of ether oxygens (including phenoxy) is 5. The van der Waals surface area contributed by atoms with Gasteiger partial charge in [0.1, 0.15) is 17.5 Å². The largest absolute Gasteiger partial charge is 0.494 e. The summed E-state index contributed by atoms with van der Waals surface area (Å²) in [6.07, 6.45) is -0.859. The van der Waals surface area contributed by atoms with Crippen LogP contribution in [0.2, 0.25) is 5.02 Å².